The Bertz CT molecular complexity index is 998. The summed E-state index contributed by atoms with van der Waals surface area (Å²) in [6.45, 7) is 0. The molecule has 2 aromatic rings. The van der Waals surface area contributed by atoms with E-state index >= 15 is 0 Å². The average molecular weight is 496 g/mol. The van der Waals surface area contributed by atoms with E-state index in [2.05, 4.69) is 15.8 Å². The van der Waals surface area contributed by atoms with Gasteiger partial charge in [-0.1, -0.05) is 48.2 Å². The van der Waals surface area contributed by atoms with Crippen molar-refractivity contribution in [3.05, 3.63) is 45.9 Å². The van der Waals surface area contributed by atoms with Crippen LogP contribution in [-0.4, -0.2) is 37.4 Å². The SMILES string of the molecule is COc1cc(Cl)c(/C=N/NC(=O)CCCCCCC(=O)Nc2ccccc2O)c(Cl)c1OC. The third kappa shape index (κ3) is 8.14. The number of hydrogen-bond donors (Lipinski definition) is 3. The first-order valence-corrected chi connectivity index (χ1v) is 11.1. The summed E-state index contributed by atoms with van der Waals surface area (Å²) in [7, 11) is 2.94. The van der Waals surface area contributed by atoms with Crippen molar-refractivity contribution in [3.63, 3.8) is 0 Å². The second-order valence-corrected chi connectivity index (χ2v) is 7.88. The van der Waals surface area contributed by atoms with E-state index in [4.69, 9.17) is 32.7 Å². The van der Waals surface area contributed by atoms with Crippen LogP contribution in [0.1, 0.15) is 44.1 Å². The van der Waals surface area contributed by atoms with Gasteiger partial charge in [-0.05, 0) is 25.0 Å². The zero-order valence-electron chi connectivity index (χ0n) is 18.5. The summed E-state index contributed by atoms with van der Waals surface area (Å²) in [5.74, 6) is 0.359. The van der Waals surface area contributed by atoms with Crippen molar-refractivity contribution in [1.82, 2.24) is 5.43 Å². The molecular weight excluding hydrogens is 469 g/mol. The number of ether oxygens (including phenoxy) is 2. The molecule has 0 aliphatic carbocycles. The number of hydrazone groups is 1. The first kappa shape index (κ1) is 26.3. The molecule has 0 saturated heterocycles. The van der Waals surface area contributed by atoms with E-state index in [0.717, 1.165) is 12.8 Å². The summed E-state index contributed by atoms with van der Waals surface area (Å²) < 4.78 is 10.4. The number of nitrogens with one attached hydrogen (secondary N) is 2. The number of carbonyl (C=O) groups excluding carboxylic acids is 2. The number of para-hydroxylation sites is 2. The molecule has 33 heavy (non-hydrogen) atoms. The lowest BCUT2D eigenvalue weighted by molar-refractivity contribution is -0.121. The Kier molecular flexibility index (Phi) is 10.8. The molecule has 0 heterocycles. The zero-order chi connectivity index (χ0) is 24.2. The van der Waals surface area contributed by atoms with Crippen LogP contribution in [0.15, 0.2) is 35.4 Å². The number of nitrogens with zero attached hydrogens (tertiary/aromatic N) is 1. The number of amides is 2. The lowest BCUT2D eigenvalue weighted by Crippen LogP contribution is -2.17. The number of hydrogen-bond acceptors (Lipinski definition) is 6. The summed E-state index contributed by atoms with van der Waals surface area (Å²) in [5, 5.41) is 16.8. The first-order valence-electron chi connectivity index (χ1n) is 10.4. The summed E-state index contributed by atoms with van der Waals surface area (Å²) in [6.07, 6.45) is 4.96. The van der Waals surface area contributed by atoms with Gasteiger partial charge in [0.25, 0.3) is 0 Å². The highest BCUT2D eigenvalue weighted by molar-refractivity contribution is 6.40. The van der Waals surface area contributed by atoms with Gasteiger partial charge in [-0.2, -0.15) is 5.10 Å². The fraction of sp³-hybridized carbons (Fsp3) is 0.348. The minimum Gasteiger partial charge on any atom is -0.506 e. The van der Waals surface area contributed by atoms with Gasteiger partial charge in [0, 0.05) is 24.5 Å². The molecule has 0 spiro atoms. The van der Waals surface area contributed by atoms with Gasteiger partial charge in [0.15, 0.2) is 11.5 Å². The molecule has 2 rings (SSSR count). The molecule has 0 unspecified atom stereocenters. The van der Waals surface area contributed by atoms with E-state index in [0.29, 0.717) is 53.5 Å². The Hall–Kier alpha value is -2.97. The van der Waals surface area contributed by atoms with Crippen LogP contribution in [0.4, 0.5) is 5.69 Å². The van der Waals surface area contributed by atoms with Crippen molar-refractivity contribution < 1.29 is 24.2 Å². The smallest absolute Gasteiger partial charge is 0.240 e. The van der Waals surface area contributed by atoms with E-state index in [1.165, 1.54) is 26.5 Å². The second-order valence-electron chi connectivity index (χ2n) is 7.09. The van der Waals surface area contributed by atoms with Crippen molar-refractivity contribution in [1.29, 1.82) is 0 Å². The highest BCUT2D eigenvalue weighted by atomic mass is 35.5. The molecule has 0 aliphatic heterocycles. The second kappa shape index (κ2) is 13.5. The Labute approximate surface area is 202 Å². The van der Waals surface area contributed by atoms with E-state index in [1.54, 1.807) is 24.3 Å². The lowest BCUT2D eigenvalue weighted by Gasteiger charge is -2.12. The lowest BCUT2D eigenvalue weighted by atomic mass is 10.1. The Morgan fingerprint density at radius 3 is 2.33 bits per heavy atom. The van der Waals surface area contributed by atoms with Gasteiger partial charge in [0.1, 0.15) is 5.75 Å². The molecule has 2 amide bonds. The van der Waals surface area contributed by atoms with Crippen LogP contribution in [0.25, 0.3) is 0 Å². The molecule has 0 aliphatic rings. The van der Waals surface area contributed by atoms with E-state index < -0.39 is 0 Å². The van der Waals surface area contributed by atoms with Crippen molar-refractivity contribution in [2.45, 2.75) is 38.5 Å². The Balaban J connectivity index is 1.67. The monoisotopic (exact) mass is 495 g/mol. The number of aromatic hydroxyl groups is 1. The van der Waals surface area contributed by atoms with E-state index in [9.17, 15) is 14.7 Å². The number of unbranched alkanes of at least 4 members (excludes halogenated alkanes) is 3. The van der Waals surface area contributed by atoms with Gasteiger partial charge >= 0.3 is 0 Å². The summed E-state index contributed by atoms with van der Waals surface area (Å²) >= 11 is 12.5. The van der Waals surface area contributed by atoms with Crippen LogP contribution in [0.2, 0.25) is 10.0 Å². The summed E-state index contributed by atoms with van der Waals surface area (Å²) in [5.41, 5.74) is 3.25. The minimum atomic E-state index is -0.240. The number of phenolic OH excluding ortho intramolecular Hbond substituents is 1. The molecule has 178 valence electrons. The van der Waals surface area contributed by atoms with Gasteiger partial charge in [-0.3, -0.25) is 9.59 Å². The van der Waals surface area contributed by atoms with Crippen LogP contribution in [0, 0.1) is 0 Å². The topological polar surface area (TPSA) is 109 Å². The molecule has 3 N–H and O–H groups in total. The van der Waals surface area contributed by atoms with Crippen LogP contribution in [0.3, 0.4) is 0 Å². The third-order valence-electron chi connectivity index (χ3n) is 4.72. The van der Waals surface area contributed by atoms with Crippen LogP contribution >= 0.6 is 23.2 Å². The average Bonchev–Trinajstić information content (AvgIpc) is 2.79. The van der Waals surface area contributed by atoms with Crippen molar-refractivity contribution in [2.75, 3.05) is 19.5 Å². The largest absolute Gasteiger partial charge is 0.506 e. The normalized spacial score (nSPS) is 10.8. The van der Waals surface area contributed by atoms with Gasteiger partial charge in [0.2, 0.25) is 11.8 Å². The maximum atomic E-state index is 12.0. The Morgan fingerprint density at radius 2 is 1.70 bits per heavy atom. The number of benzene rings is 2. The molecule has 0 saturated carbocycles. The fourth-order valence-electron chi connectivity index (χ4n) is 3.00. The maximum Gasteiger partial charge on any atom is 0.240 e. The molecule has 2 aromatic carbocycles. The molecular formula is C23H27Cl2N3O5. The highest BCUT2D eigenvalue weighted by Gasteiger charge is 2.16. The van der Waals surface area contributed by atoms with E-state index in [-0.39, 0.29) is 22.6 Å². The van der Waals surface area contributed by atoms with Gasteiger partial charge in [-0.25, -0.2) is 5.43 Å². The third-order valence-corrected chi connectivity index (χ3v) is 5.41. The zero-order valence-corrected chi connectivity index (χ0v) is 20.0. The number of anilines is 1. The highest BCUT2D eigenvalue weighted by Crippen LogP contribution is 2.40. The minimum absolute atomic E-state index is 0.0372. The van der Waals surface area contributed by atoms with Gasteiger partial charge in [-0.15, -0.1) is 0 Å². The molecule has 0 atom stereocenters. The number of carbonyl (C=O) groups is 2. The molecule has 0 radical (unpaired) electrons. The quantitative estimate of drug-likeness (QED) is 0.163. The predicted molar refractivity (Wildman–Crippen MR) is 130 cm³/mol. The molecule has 10 heteroatoms. The molecule has 0 aromatic heterocycles. The fourth-order valence-corrected chi connectivity index (χ4v) is 3.61. The first-order chi connectivity index (χ1) is 15.9. The molecule has 8 nitrogen and oxygen atoms in total. The van der Waals surface area contributed by atoms with Crippen LogP contribution in [-0.2, 0) is 9.59 Å². The molecule has 0 fully saturated rings. The van der Waals surface area contributed by atoms with Crippen LogP contribution < -0.4 is 20.2 Å². The Morgan fingerprint density at radius 1 is 1.03 bits per heavy atom. The van der Waals surface area contributed by atoms with Crippen molar-refractivity contribution in [2.24, 2.45) is 5.10 Å². The predicted octanol–water partition coefficient (Wildman–Crippen LogP) is 5.15. The van der Waals surface area contributed by atoms with Crippen molar-refractivity contribution >= 4 is 46.9 Å². The summed E-state index contributed by atoms with van der Waals surface area (Å²) in [6, 6.07) is 8.13. The van der Waals surface area contributed by atoms with Crippen molar-refractivity contribution in [3.8, 4) is 17.2 Å². The number of halogens is 2. The number of methoxy groups -OCH3 is 2. The number of rotatable bonds is 12. The maximum absolute atomic E-state index is 12.0. The van der Waals surface area contributed by atoms with E-state index in [1.807, 2.05) is 0 Å². The number of phenols is 1. The standard InChI is InChI=1S/C23H27Cl2N3O5/c1-32-19-13-16(24)15(22(25)23(19)33-2)14-26-28-21(31)12-6-4-3-5-11-20(30)27-17-9-7-8-10-18(17)29/h7-10,13-14,29H,3-6,11-12H2,1-2H3,(H,27,30)(H,28,31)/b26-14+. The van der Waals surface area contributed by atoms with Gasteiger partial charge < -0.3 is 19.9 Å². The van der Waals surface area contributed by atoms with Crippen LogP contribution in [0.5, 0.6) is 17.2 Å². The van der Waals surface area contributed by atoms with Gasteiger partial charge in [0.05, 0.1) is 36.2 Å². The molecule has 0 bridgehead atoms. The summed E-state index contributed by atoms with van der Waals surface area (Å²) in [4.78, 5) is 23.9.